The van der Waals surface area contributed by atoms with E-state index in [-0.39, 0.29) is 11.9 Å². The van der Waals surface area contributed by atoms with Crippen LogP contribution in [0.2, 0.25) is 0 Å². The van der Waals surface area contributed by atoms with Gasteiger partial charge in [0.1, 0.15) is 12.4 Å². The zero-order chi connectivity index (χ0) is 20.4. The van der Waals surface area contributed by atoms with Gasteiger partial charge in [-0.25, -0.2) is 4.99 Å². The fourth-order valence-electron chi connectivity index (χ4n) is 3.63. The van der Waals surface area contributed by atoms with Crippen LogP contribution in [0.25, 0.3) is 0 Å². The van der Waals surface area contributed by atoms with Crippen molar-refractivity contribution in [3.05, 3.63) is 47.5 Å². The van der Waals surface area contributed by atoms with Crippen LogP contribution in [0, 0.1) is 6.92 Å². The van der Waals surface area contributed by atoms with Crippen LogP contribution in [-0.2, 0) is 18.4 Å². The quantitative estimate of drug-likeness (QED) is 0.615. The van der Waals surface area contributed by atoms with E-state index in [1.165, 1.54) is 5.56 Å². The second-order valence-electron chi connectivity index (χ2n) is 7.88. The van der Waals surface area contributed by atoms with Gasteiger partial charge in [-0.15, -0.1) is 10.2 Å². The van der Waals surface area contributed by atoms with Crippen molar-refractivity contribution in [2.24, 2.45) is 12.0 Å². The minimum Gasteiger partial charge on any atom is -0.350 e. The number of amides is 1. The summed E-state index contributed by atoms with van der Waals surface area (Å²) in [6, 6.07) is 10.8. The number of nitrogens with one attached hydrogen (secondary N) is 1. The number of hydrogen-bond acceptors (Lipinski definition) is 4. The minimum absolute atomic E-state index is 0.0766. The first-order valence-electron chi connectivity index (χ1n) is 10.3. The number of aryl methyl sites for hydroxylation is 1. The second-order valence-corrected chi connectivity index (χ2v) is 7.88. The summed E-state index contributed by atoms with van der Waals surface area (Å²) < 4.78 is 1.94. The number of carbonyl (C=O) groups excluding carboxylic acids is 1. The minimum atomic E-state index is 0.0766. The summed E-state index contributed by atoms with van der Waals surface area (Å²) in [6.07, 6.45) is 2.28. The molecule has 1 saturated heterocycles. The van der Waals surface area contributed by atoms with E-state index < -0.39 is 0 Å². The van der Waals surface area contributed by atoms with E-state index in [2.05, 4.69) is 39.5 Å². The summed E-state index contributed by atoms with van der Waals surface area (Å²) in [5, 5.41) is 11.9. The SMILES string of the molecule is Cc1nnc(CN=C(NC(C)c2ccccc2)N2CCN(C3CC3)C(=O)C2)n1C. The number of benzene rings is 1. The van der Waals surface area contributed by atoms with Gasteiger partial charge in [-0.05, 0) is 32.3 Å². The van der Waals surface area contributed by atoms with Gasteiger partial charge < -0.3 is 19.7 Å². The van der Waals surface area contributed by atoms with Crippen LogP contribution < -0.4 is 5.32 Å². The molecule has 1 aliphatic heterocycles. The number of carbonyl (C=O) groups is 1. The Morgan fingerprint density at radius 3 is 2.62 bits per heavy atom. The highest BCUT2D eigenvalue weighted by atomic mass is 16.2. The third kappa shape index (κ3) is 4.41. The highest BCUT2D eigenvalue weighted by Gasteiger charge is 2.36. The monoisotopic (exact) mass is 395 g/mol. The zero-order valence-electron chi connectivity index (χ0n) is 17.4. The second kappa shape index (κ2) is 8.23. The van der Waals surface area contributed by atoms with E-state index in [4.69, 9.17) is 4.99 Å². The maximum Gasteiger partial charge on any atom is 0.242 e. The first-order valence-corrected chi connectivity index (χ1v) is 10.3. The summed E-state index contributed by atoms with van der Waals surface area (Å²) in [7, 11) is 1.94. The molecule has 0 radical (unpaired) electrons. The van der Waals surface area contributed by atoms with Gasteiger partial charge in [0.15, 0.2) is 11.8 Å². The number of nitrogens with zero attached hydrogens (tertiary/aromatic N) is 6. The average molecular weight is 396 g/mol. The van der Waals surface area contributed by atoms with Crippen LogP contribution in [0.15, 0.2) is 35.3 Å². The van der Waals surface area contributed by atoms with Crippen LogP contribution in [0.3, 0.4) is 0 Å². The number of hydrogen-bond donors (Lipinski definition) is 1. The predicted molar refractivity (Wildman–Crippen MR) is 111 cm³/mol. The lowest BCUT2D eigenvalue weighted by atomic mass is 10.1. The maximum absolute atomic E-state index is 12.7. The van der Waals surface area contributed by atoms with Crippen LogP contribution in [0.5, 0.6) is 0 Å². The smallest absolute Gasteiger partial charge is 0.242 e. The number of rotatable bonds is 5. The molecule has 1 N–H and O–H groups in total. The van der Waals surface area contributed by atoms with Crippen LogP contribution in [0.4, 0.5) is 0 Å². The molecule has 8 heteroatoms. The summed E-state index contributed by atoms with van der Waals surface area (Å²) in [6.45, 7) is 6.35. The maximum atomic E-state index is 12.7. The molecule has 1 aliphatic carbocycles. The molecule has 2 aliphatic rings. The molecule has 2 aromatic rings. The highest BCUT2D eigenvalue weighted by molar-refractivity contribution is 5.88. The highest BCUT2D eigenvalue weighted by Crippen LogP contribution is 2.28. The Morgan fingerprint density at radius 2 is 2.00 bits per heavy atom. The fraction of sp³-hybridized carbons (Fsp3) is 0.524. The van der Waals surface area contributed by atoms with Crippen molar-refractivity contribution in [3.63, 3.8) is 0 Å². The van der Waals surface area contributed by atoms with E-state index in [1.54, 1.807) is 0 Å². The van der Waals surface area contributed by atoms with Crippen molar-refractivity contribution >= 4 is 11.9 Å². The molecular formula is C21H29N7O. The summed E-state index contributed by atoms with van der Waals surface area (Å²) in [5.41, 5.74) is 1.18. The molecule has 1 aromatic carbocycles. The van der Waals surface area contributed by atoms with Gasteiger partial charge in [0.2, 0.25) is 5.91 Å². The van der Waals surface area contributed by atoms with Crippen LogP contribution in [0.1, 0.15) is 43.0 Å². The zero-order valence-corrected chi connectivity index (χ0v) is 17.4. The molecule has 1 unspecified atom stereocenters. The van der Waals surface area contributed by atoms with Crippen molar-refractivity contribution in [3.8, 4) is 0 Å². The first kappa shape index (κ1) is 19.4. The standard InChI is InChI=1S/C21H29N7O/c1-15(17-7-5-4-6-8-17)23-21(22-13-19-25-24-16(2)26(19)3)27-11-12-28(18-9-10-18)20(29)14-27/h4-8,15,18H,9-14H2,1-3H3,(H,22,23). The topological polar surface area (TPSA) is 78.7 Å². The molecule has 1 atom stereocenters. The van der Waals surface area contributed by atoms with E-state index in [0.29, 0.717) is 19.1 Å². The molecule has 29 heavy (non-hydrogen) atoms. The third-order valence-electron chi connectivity index (χ3n) is 5.74. The van der Waals surface area contributed by atoms with Gasteiger partial charge in [-0.1, -0.05) is 30.3 Å². The van der Waals surface area contributed by atoms with Gasteiger partial charge in [-0.2, -0.15) is 0 Å². The molecule has 0 spiro atoms. The van der Waals surface area contributed by atoms with Crippen LogP contribution >= 0.6 is 0 Å². The first-order chi connectivity index (χ1) is 14.0. The molecular weight excluding hydrogens is 366 g/mol. The summed E-state index contributed by atoms with van der Waals surface area (Å²) in [4.78, 5) is 21.6. The molecule has 1 saturated carbocycles. The van der Waals surface area contributed by atoms with E-state index >= 15 is 0 Å². The number of guanidine groups is 1. The van der Waals surface area contributed by atoms with Gasteiger partial charge >= 0.3 is 0 Å². The third-order valence-corrected chi connectivity index (χ3v) is 5.74. The number of piperazine rings is 1. The van der Waals surface area contributed by atoms with Crippen molar-refractivity contribution in [2.45, 2.75) is 45.3 Å². The molecule has 1 aromatic heterocycles. The Morgan fingerprint density at radius 1 is 1.24 bits per heavy atom. The van der Waals surface area contributed by atoms with Crippen molar-refractivity contribution in [2.75, 3.05) is 19.6 Å². The fourth-order valence-corrected chi connectivity index (χ4v) is 3.63. The molecule has 0 bridgehead atoms. The lowest BCUT2D eigenvalue weighted by molar-refractivity contribution is -0.135. The number of aromatic nitrogens is 3. The van der Waals surface area contributed by atoms with E-state index in [0.717, 1.165) is 43.5 Å². The average Bonchev–Trinajstić information content (AvgIpc) is 3.52. The summed E-state index contributed by atoms with van der Waals surface area (Å²) in [5.74, 6) is 2.59. The molecule has 154 valence electrons. The molecule has 1 amide bonds. The lowest BCUT2D eigenvalue weighted by Crippen LogP contribution is -2.56. The molecule has 4 rings (SSSR count). The Kier molecular flexibility index (Phi) is 5.51. The van der Waals surface area contributed by atoms with Crippen LogP contribution in [-0.4, -0.2) is 62.1 Å². The summed E-state index contributed by atoms with van der Waals surface area (Å²) >= 11 is 0. The number of aliphatic imine (C=N–C) groups is 1. The molecule has 2 fully saturated rings. The Labute approximate surface area is 171 Å². The Bertz CT molecular complexity index is 888. The largest absolute Gasteiger partial charge is 0.350 e. The Hall–Kier alpha value is -2.90. The van der Waals surface area contributed by atoms with Gasteiger partial charge in [-0.3, -0.25) is 4.79 Å². The van der Waals surface area contributed by atoms with E-state index in [9.17, 15) is 4.79 Å². The van der Waals surface area contributed by atoms with Gasteiger partial charge in [0, 0.05) is 26.2 Å². The Balaban J connectivity index is 1.52. The lowest BCUT2D eigenvalue weighted by Gasteiger charge is -2.37. The van der Waals surface area contributed by atoms with E-state index in [1.807, 2.05) is 41.6 Å². The van der Waals surface area contributed by atoms with Crippen molar-refractivity contribution in [1.29, 1.82) is 0 Å². The van der Waals surface area contributed by atoms with Gasteiger partial charge in [0.25, 0.3) is 0 Å². The van der Waals surface area contributed by atoms with Crippen molar-refractivity contribution < 1.29 is 4.79 Å². The predicted octanol–water partition coefficient (Wildman–Crippen LogP) is 1.64. The van der Waals surface area contributed by atoms with Crippen molar-refractivity contribution in [1.82, 2.24) is 29.9 Å². The van der Waals surface area contributed by atoms with Gasteiger partial charge in [0.05, 0.1) is 12.6 Å². The molecule has 8 nitrogen and oxygen atoms in total. The molecule has 2 heterocycles. The normalized spacial score (nSPS) is 18.9.